The second-order valence-corrected chi connectivity index (χ2v) is 6.42. The Morgan fingerprint density at radius 2 is 2.00 bits per heavy atom. The average Bonchev–Trinajstić information content (AvgIpc) is 2.62. The van der Waals surface area contributed by atoms with Crippen LogP contribution in [0.4, 0.5) is 5.95 Å². The molecule has 0 aliphatic rings. The van der Waals surface area contributed by atoms with E-state index >= 15 is 0 Å². The molecule has 0 saturated heterocycles. The molecule has 0 fully saturated rings. The third kappa shape index (κ3) is 4.53. The minimum absolute atomic E-state index is 0.00549. The molecule has 2 aromatic rings. The van der Waals surface area contributed by atoms with Gasteiger partial charge < -0.3 is 9.80 Å². The van der Waals surface area contributed by atoms with Gasteiger partial charge in [0.25, 0.3) is 5.91 Å². The van der Waals surface area contributed by atoms with Gasteiger partial charge in [-0.25, -0.2) is 9.97 Å². The number of hydrogen-bond donors (Lipinski definition) is 0. The molecule has 134 valence electrons. The van der Waals surface area contributed by atoms with Gasteiger partial charge in [-0.3, -0.25) is 9.78 Å². The fourth-order valence-electron chi connectivity index (χ4n) is 2.77. The largest absolute Gasteiger partial charge is 0.347 e. The lowest BCUT2D eigenvalue weighted by molar-refractivity contribution is 0.0718. The Bertz CT molecular complexity index is 702. The number of nitrogens with zero attached hydrogens (tertiary/aromatic N) is 5. The summed E-state index contributed by atoms with van der Waals surface area (Å²) in [5.74, 6) is 0.541. The molecule has 1 amide bonds. The third-order valence-corrected chi connectivity index (χ3v) is 4.29. The number of unbranched alkanes of at least 4 members (excludes halogenated alkanes) is 1. The molecule has 0 saturated carbocycles. The maximum Gasteiger partial charge on any atom is 0.257 e. The van der Waals surface area contributed by atoms with Crippen LogP contribution in [-0.4, -0.2) is 46.9 Å². The zero-order valence-electron chi connectivity index (χ0n) is 15.7. The second-order valence-electron chi connectivity index (χ2n) is 6.42. The van der Waals surface area contributed by atoms with Crippen molar-refractivity contribution in [2.45, 2.75) is 39.2 Å². The Balaban J connectivity index is 2.29. The van der Waals surface area contributed by atoms with Crippen molar-refractivity contribution in [2.75, 3.05) is 26.0 Å². The number of aryl methyl sites for hydroxylation is 1. The number of carbonyl (C=O) groups is 1. The molecule has 25 heavy (non-hydrogen) atoms. The standard InChI is InChI=1S/C19H27N5O/c1-6-7-10-17(15-9-8-11-20-12-15)24(5)18(25)16-13-21-19(23(3)4)22-14(16)2/h8-9,11-13,17H,6-7,10H2,1-5H3/t17-/m1/s1. The summed E-state index contributed by atoms with van der Waals surface area (Å²) < 4.78 is 0. The van der Waals surface area contributed by atoms with Crippen LogP contribution in [0.3, 0.4) is 0 Å². The monoisotopic (exact) mass is 341 g/mol. The maximum absolute atomic E-state index is 13.0. The van der Waals surface area contributed by atoms with Crippen molar-refractivity contribution in [3.8, 4) is 0 Å². The summed E-state index contributed by atoms with van der Waals surface area (Å²) in [6.45, 7) is 4.00. The molecule has 0 bridgehead atoms. The molecule has 0 aliphatic heterocycles. The van der Waals surface area contributed by atoms with Gasteiger partial charge in [0.15, 0.2) is 0 Å². The first-order chi connectivity index (χ1) is 12.0. The van der Waals surface area contributed by atoms with Crippen molar-refractivity contribution < 1.29 is 4.79 Å². The van der Waals surface area contributed by atoms with E-state index < -0.39 is 0 Å². The fraction of sp³-hybridized carbons (Fsp3) is 0.474. The van der Waals surface area contributed by atoms with Gasteiger partial charge in [-0.1, -0.05) is 25.8 Å². The first-order valence-corrected chi connectivity index (χ1v) is 8.63. The minimum Gasteiger partial charge on any atom is -0.347 e. The molecule has 1 atom stereocenters. The van der Waals surface area contributed by atoms with Gasteiger partial charge in [0.2, 0.25) is 5.95 Å². The van der Waals surface area contributed by atoms with Crippen molar-refractivity contribution in [1.82, 2.24) is 19.9 Å². The molecule has 6 heteroatoms. The van der Waals surface area contributed by atoms with E-state index in [1.165, 1.54) is 0 Å². The third-order valence-electron chi connectivity index (χ3n) is 4.29. The Morgan fingerprint density at radius 1 is 1.24 bits per heavy atom. The lowest BCUT2D eigenvalue weighted by Gasteiger charge is -2.29. The van der Waals surface area contributed by atoms with Crippen LogP contribution in [0.5, 0.6) is 0 Å². The molecule has 0 aromatic carbocycles. The van der Waals surface area contributed by atoms with Crippen LogP contribution in [0.25, 0.3) is 0 Å². The number of carbonyl (C=O) groups excluding carboxylic acids is 1. The number of aromatic nitrogens is 3. The minimum atomic E-state index is -0.0623. The topological polar surface area (TPSA) is 62.2 Å². The van der Waals surface area contributed by atoms with Crippen LogP contribution in [0.15, 0.2) is 30.7 Å². The van der Waals surface area contributed by atoms with Gasteiger partial charge >= 0.3 is 0 Å². The summed E-state index contributed by atoms with van der Waals surface area (Å²) >= 11 is 0. The Hall–Kier alpha value is -2.50. The maximum atomic E-state index is 13.0. The van der Waals surface area contributed by atoms with Crippen molar-refractivity contribution in [2.24, 2.45) is 0 Å². The summed E-state index contributed by atoms with van der Waals surface area (Å²) in [7, 11) is 5.60. The first kappa shape index (κ1) is 18.8. The van der Waals surface area contributed by atoms with Crippen molar-refractivity contribution >= 4 is 11.9 Å². The van der Waals surface area contributed by atoms with Gasteiger partial charge in [-0.05, 0) is 25.0 Å². The van der Waals surface area contributed by atoms with Crippen molar-refractivity contribution in [3.05, 3.63) is 47.5 Å². The molecule has 0 radical (unpaired) electrons. The van der Waals surface area contributed by atoms with E-state index in [0.29, 0.717) is 17.2 Å². The van der Waals surface area contributed by atoms with E-state index in [9.17, 15) is 4.79 Å². The number of amides is 1. The number of anilines is 1. The lowest BCUT2D eigenvalue weighted by Crippen LogP contribution is -2.32. The average molecular weight is 341 g/mol. The second kappa shape index (κ2) is 8.55. The van der Waals surface area contributed by atoms with E-state index in [0.717, 1.165) is 24.8 Å². The van der Waals surface area contributed by atoms with Crippen LogP contribution in [-0.2, 0) is 0 Å². The number of hydrogen-bond acceptors (Lipinski definition) is 5. The van der Waals surface area contributed by atoms with Crippen molar-refractivity contribution in [1.29, 1.82) is 0 Å². The van der Waals surface area contributed by atoms with Gasteiger partial charge in [0.1, 0.15) is 0 Å². The SMILES string of the molecule is CCCC[C@H](c1cccnc1)N(C)C(=O)c1cnc(N(C)C)nc1C. The summed E-state index contributed by atoms with van der Waals surface area (Å²) in [5, 5.41) is 0. The van der Waals surface area contributed by atoms with E-state index in [-0.39, 0.29) is 11.9 Å². The van der Waals surface area contributed by atoms with Gasteiger partial charge in [0.05, 0.1) is 17.3 Å². The molecule has 2 aromatic heterocycles. The Kier molecular flexibility index (Phi) is 6.44. The number of rotatable bonds is 7. The molecule has 2 heterocycles. The predicted molar refractivity (Wildman–Crippen MR) is 99.7 cm³/mol. The highest BCUT2D eigenvalue weighted by atomic mass is 16.2. The first-order valence-electron chi connectivity index (χ1n) is 8.63. The quantitative estimate of drug-likeness (QED) is 0.773. The molecule has 0 N–H and O–H groups in total. The molecule has 0 unspecified atom stereocenters. The Morgan fingerprint density at radius 3 is 2.56 bits per heavy atom. The molecule has 0 aliphatic carbocycles. The zero-order valence-corrected chi connectivity index (χ0v) is 15.7. The molecular weight excluding hydrogens is 314 g/mol. The smallest absolute Gasteiger partial charge is 0.257 e. The van der Waals surface area contributed by atoms with Crippen LogP contribution in [0.2, 0.25) is 0 Å². The van der Waals surface area contributed by atoms with E-state index in [4.69, 9.17) is 0 Å². The summed E-state index contributed by atoms with van der Waals surface area (Å²) in [4.78, 5) is 29.6. The lowest BCUT2D eigenvalue weighted by atomic mass is 10.0. The van der Waals surface area contributed by atoms with E-state index in [1.54, 1.807) is 17.3 Å². The Labute approximate surface area is 149 Å². The summed E-state index contributed by atoms with van der Waals surface area (Å²) in [6.07, 6.45) is 8.24. The molecule has 0 spiro atoms. The highest BCUT2D eigenvalue weighted by Gasteiger charge is 2.24. The highest BCUT2D eigenvalue weighted by molar-refractivity contribution is 5.95. The van der Waals surface area contributed by atoms with Gasteiger partial charge in [-0.2, -0.15) is 0 Å². The van der Waals surface area contributed by atoms with Crippen LogP contribution >= 0.6 is 0 Å². The van der Waals surface area contributed by atoms with E-state index in [2.05, 4.69) is 21.9 Å². The predicted octanol–water partition coefficient (Wildman–Crippen LogP) is 3.25. The molecule has 6 nitrogen and oxygen atoms in total. The zero-order chi connectivity index (χ0) is 18.4. The molecular formula is C19H27N5O. The van der Waals surface area contributed by atoms with E-state index in [1.807, 2.05) is 51.3 Å². The van der Waals surface area contributed by atoms with Crippen LogP contribution in [0, 0.1) is 6.92 Å². The van der Waals surface area contributed by atoms with Crippen LogP contribution in [0.1, 0.15) is 53.8 Å². The van der Waals surface area contributed by atoms with Gasteiger partial charge in [0, 0.05) is 39.7 Å². The normalized spacial score (nSPS) is 11.9. The summed E-state index contributed by atoms with van der Waals surface area (Å²) in [6, 6.07) is 3.93. The summed E-state index contributed by atoms with van der Waals surface area (Å²) in [5.41, 5.74) is 2.28. The highest BCUT2D eigenvalue weighted by Crippen LogP contribution is 2.26. The number of pyridine rings is 1. The van der Waals surface area contributed by atoms with Crippen LogP contribution < -0.4 is 4.90 Å². The van der Waals surface area contributed by atoms with Gasteiger partial charge in [-0.15, -0.1) is 0 Å². The van der Waals surface area contributed by atoms with Crippen molar-refractivity contribution in [3.63, 3.8) is 0 Å². The molecule has 2 rings (SSSR count). The fourth-order valence-corrected chi connectivity index (χ4v) is 2.77.